The highest BCUT2D eigenvalue weighted by molar-refractivity contribution is 6.22. The summed E-state index contributed by atoms with van der Waals surface area (Å²) in [6, 6.07) is 59.8. The fraction of sp³-hybridized carbons (Fsp3) is 0. The Morgan fingerprint density at radius 2 is 0.804 bits per heavy atom. The minimum Gasteiger partial charge on any atom is -0.264 e. The van der Waals surface area contributed by atoms with Crippen molar-refractivity contribution in [3.8, 4) is 44.5 Å². The Labute approximate surface area is 268 Å². The van der Waals surface area contributed by atoms with Gasteiger partial charge in [-0.3, -0.25) is 4.98 Å². The van der Waals surface area contributed by atoms with Crippen LogP contribution in [0.1, 0.15) is 0 Å². The molecule has 46 heavy (non-hydrogen) atoms. The van der Waals surface area contributed by atoms with Crippen molar-refractivity contribution in [2.24, 2.45) is 0 Å². The molecule has 0 saturated carbocycles. The maximum atomic E-state index is 4.43. The van der Waals surface area contributed by atoms with Gasteiger partial charge in [0.2, 0.25) is 0 Å². The summed E-state index contributed by atoms with van der Waals surface area (Å²) in [5, 5.41) is 10.0. The molecule has 0 spiro atoms. The van der Waals surface area contributed by atoms with E-state index in [9.17, 15) is 0 Å². The Morgan fingerprint density at radius 1 is 0.304 bits per heavy atom. The molecule has 1 heterocycles. The van der Waals surface area contributed by atoms with Gasteiger partial charge in [-0.15, -0.1) is 0 Å². The summed E-state index contributed by atoms with van der Waals surface area (Å²) in [7, 11) is 0. The summed E-state index contributed by atoms with van der Waals surface area (Å²) in [4.78, 5) is 4.43. The lowest BCUT2D eigenvalue weighted by Crippen LogP contribution is -1.93. The van der Waals surface area contributed by atoms with Crippen LogP contribution >= 0.6 is 0 Å². The van der Waals surface area contributed by atoms with Crippen LogP contribution in [0.25, 0.3) is 87.6 Å². The predicted molar refractivity (Wildman–Crippen MR) is 196 cm³/mol. The molecule has 0 unspecified atom stereocenters. The fourth-order valence-corrected chi connectivity index (χ4v) is 7.17. The Balaban J connectivity index is 1.39. The molecular formula is C45H29N. The van der Waals surface area contributed by atoms with E-state index in [1.165, 1.54) is 82.0 Å². The highest BCUT2D eigenvalue weighted by atomic mass is 14.6. The number of rotatable bonds is 4. The van der Waals surface area contributed by atoms with Crippen LogP contribution in [-0.2, 0) is 0 Å². The first-order valence-corrected chi connectivity index (χ1v) is 15.8. The minimum absolute atomic E-state index is 1.11. The number of aromatic nitrogens is 1. The molecule has 0 aliphatic rings. The van der Waals surface area contributed by atoms with Crippen molar-refractivity contribution in [3.05, 3.63) is 176 Å². The van der Waals surface area contributed by atoms with Crippen LogP contribution in [0, 0.1) is 0 Å². The lowest BCUT2D eigenvalue weighted by atomic mass is 9.83. The Bertz CT molecular complexity index is 2580. The van der Waals surface area contributed by atoms with Crippen LogP contribution in [-0.4, -0.2) is 4.98 Å². The van der Waals surface area contributed by atoms with Gasteiger partial charge in [0.25, 0.3) is 0 Å². The normalized spacial score (nSPS) is 11.5. The molecular weight excluding hydrogens is 555 g/mol. The van der Waals surface area contributed by atoms with E-state index in [0.29, 0.717) is 0 Å². The molecule has 1 nitrogen and oxygen atoms in total. The monoisotopic (exact) mass is 583 g/mol. The van der Waals surface area contributed by atoms with E-state index in [1.54, 1.807) is 0 Å². The fourth-order valence-electron chi connectivity index (χ4n) is 7.17. The summed E-state index contributed by atoms with van der Waals surface area (Å²) in [6.07, 6.45) is 3.78. The third-order valence-electron chi connectivity index (χ3n) is 9.31. The summed E-state index contributed by atoms with van der Waals surface area (Å²) in [5.41, 5.74) is 9.67. The van der Waals surface area contributed by atoms with Gasteiger partial charge in [-0.05, 0) is 106 Å². The summed E-state index contributed by atoms with van der Waals surface area (Å²) < 4.78 is 0. The first-order chi connectivity index (χ1) is 22.8. The average Bonchev–Trinajstić information content (AvgIpc) is 3.13. The Morgan fingerprint density at radius 3 is 1.41 bits per heavy atom. The van der Waals surface area contributed by atoms with Crippen LogP contribution in [0.5, 0.6) is 0 Å². The second-order valence-electron chi connectivity index (χ2n) is 12.0. The number of fused-ring (bicyclic) bond motifs is 4. The highest BCUT2D eigenvalue weighted by Crippen LogP contribution is 2.46. The smallest absolute Gasteiger partial charge is 0.0346 e. The van der Waals surface area contributed by atoms with Gasteiger partial charge in [0, 0.05) is 18.0 Å². The first kappa shape index (κ1) is 26.4. The topological polar surface area (TPSA) is 12.9 Å². The standard InChI is InChI=1S/C45H29N/c1-3-12-32-26-35(21-19-30(32)10-1)44-40-17-7-8-18-41(40)45(36-22-20-31-11-2-4-13-33(31)27-36)43-28-34(23-24-42(43)44)38-15-5-6-16-39(38)37-14-9-25-46-29-37/h1-29H. The SMILES string of the molecule is c1cncc(-c2ccccc2-c2ccc3c(-c4ccc5ccccc5c4)c4ccccc4c(-c4ccc5ccccc5c4)c3c2)c1. The van der Waals surface area contributed by atoms with Gasteiger partial charge in [0.05, 0.1) is 0 Å². The third-order valence-corrected chi connectivity index (χ3v) is 9.31. The van der Waals surface area contributed by atoms with E-state index in [1.807, 2.05) is 18.5 Å². The molecule has 1 heteroatoms. The molecule has 0 aliphatic heterocycles. The van der Waals surface area contributed by atoms with Crippen molar-refractivity contribution in [1.82, 2.24) is 4.98 Å². The van der Waals surface area contributed by atoms with Gasteiger partial charge < -0.3 is 0 Å². The molecule has 0 N–H and O–H groups in total. The maximum absolute atomic E-state index is 4.43. The second kappa shape index (κ2) is 10.8. The largest absolute Gasteiger partial charge is 0.264 e. The van der Waals surface area contributed by atoms with Gasteiger partial charge in [-0.25, -0.2) is 0 Å². The van der Waals surface area contributed by atoms with Gasteiger partial charge in [-0.2, -0.15) is 0 Å². The Kier molecular flexibility index (Phi) is 6.21. The molecule has 1 aromatic heterocycles. The van der Waals surface area contributed by atoms with Crippen molar-refractivity contribution < 1.29 is 0 Å². The summed E-state index contributed by atoms with van der Waals surface area (Å²) in [6.45, 7) is 0. The van der Waals surface area contributed by atoms with Crippen LogP contribution < -0.4 is 0 Å². The number of nitrogens with zero attached hydrogens (tertiary/aromatic N) is 1. The molecule has 9 rings (SSSR count). The van der Waals surface area contributed by atoms with E-state index >= 15 is 0 Å². The second-order valence-corrected chi connectivity index (χ2v) is 12.0. The van der Waals surface area contributed by atoms with Crippen LogP contribution in [0.3, 0.4) is 0 Å². The van der Waals surface area contributed by atoms with Gasteiger partial charge in [-0.1, -0.05) is 140 Å². The van der Waals surface area contributed by atoms with E-state index in [4.69, 9.17) is 0 Å². The van der Waals surface area contributed by atoms with E-state index < -0.39 is 0 Å². The predicted octanol–water partition coefficient (Wildman–Crippen LogP) is 12.4. The number of benzene rings is 8. The molecule has 9 aromatic rings. The number of pyridine rings is 1. The van der Waals surface area contributed by atoms with Gasteiger partial charge in [0.15, 0.2) is 0 Å². The molecule has 0 saturated heterocycles. The summed E-state index contributed by atoms with van der Waals surface area (Å²) >= 11 is 0. The molecule has 0 aliphatic carbocycles. The molecule has 0 amide bonds. The lowest BCUT2D eigenvalue weighted by Gasteiger charge is -2.20. The zero-order valence-electron chi connectivity index (χ0n) is 25.2. The quantitative estimate of drug-likeness (QED) is 0.188. The number of hydrogen-bond acceptors (Lipinski definition) is 1. The maximum Gasteiger partial charge on any atom is 0.0346 e. The molecule has 0 fully saturated rings. The van der Waals surface area contributed by atoms with E-state index in [2.05, 4.69) is 163 Å². The van der Waals surface area contributed by atoms with Gasteiger partial charge >= 0.3 is 0 Å². The Hall–Kier alpha value is -6.05. The van der Waals surface area contributed by atoms with E-state index in [-0.39, 0.29) is 0 Å². The van der Waals surface area contributed by atoms with Crippen molar-refractivity contribution in [2.75, 3.05) is 0 Å². The van der Waals surface area contributed by atoms with Crippen molar-refractivity contribution >= 4 is 43.1 Å². The molecule has 0 radical (unpaired) electrons. The van der Waals surface area contributed by atoms with Crippen molar-refractivity contribution in [2.45, 2.75) is 0 Å². The molecule has 0 bridgehead atoms. The molecule has 8 aromatic carbocycles. The third kappa shape index (κ3) is 4.37. The highest BCUT2D eigenvalue weighted by Gasteiger charge is 2.19. The van der Waals surface area contributed by atoms with Crippen molar-refractivity contribution in [1.29, 1.82) is 0 Å². The average molecular weight is 584 g/mol. The van der Waals surface area contributed by atoms with Crippen LogP contribution in [0.2, 0.25) is 0 Å². The van der Waals surface area contributed by atoms with E-state index in [0.717, 1.165) is 5.56 Å². The van der Waals surface area contributed by atoms with Gasteiger partial charge in [0.1, 0.15) is 0 Å². The summed E-state index contributed by atoms with van der Waals surface area (Å²) in [5.74, 6) is 0. The van der Waals surface area contributed by atoms with Crippen LogP contribution in [0.15, 0.2) is 176 Å². The molecule has 0 atom stereocenters. The zero-order valence-corrected chi connectivity index (χ0v) is 25.2. The minimum atomic E-state index is 1.11. The van der Waals surface area contributed by atoms with Crippen LogP contribution in [0.4, 0.5) is 0 Å². The first-order valence-electron chi connectivity index (χ1n) is 15.8. The lowest BCUT2D eigenvalue weighted by molar-refractivity contribution is 1.33. The van der Waals surface area contributed by atoms with Crippen molar-refractivity contribution in [3.63, 3.8) is 0 Å². The molecule has 214 valence electrons. The number of hydrogen-bond donors (Lipinski definition) is 0. The zero-order chi connectivity index (χ0) is 30.5.